The van der Waals surface area contributed by atoms with Gasteiger partial charge in [0.15, 0.2) is 0 Å². The van der Waals surface area contributed by atoms with Crippen LogP contribution in [0.25, 0.3) is 0 Å². The van der Waals surface area contributed by atoms with Gasteiger partial charge in [0.05, 0.1) is 6.54 Å². The fraction of sp³-hybridized carbons (Fsp3) is 0.941. The number of amides is 1. The number of carbonyl (C=O) groups excluding carboxylic acids is 1. The van der Waals surface area contributed by atoms with Gasteiger partial charge in [0, 0.05) is 12.6 Å². The van der Waals surface area contributed by atoms with E-state index in [1.807, 2.05) is 0 Å². The van der Waals surface area contributed by atoms with E-state index in [9.17, 15) is 4.79 Å². The molecule has 22 heavy (non-hydrogen) atoms. The van der Waals surface area contributed by atoms with Crippen molar-refractivity contribution in [2.45, 2.75) is 58.4 Å². The van der Waals surface area contributed by atoms with Crippen molar-refractivity contribution in [2.24, 2.45) is 23.5 Å². The van der Waals surface area contributed by atoms with Gasteiger partial charge >= 0.3 is 0 Å². The first-order valence-electron chi connectivity index (χ1n) is 8.82. The molecule has 0 aromatic carbocycles. The summed E-state index contributed by atoms with van der Waals surface area (Å²) in [5, 5.41) is 3.29. The van der Waals surface area contributed by atoms with Gasteiger partial charge in [0.1, 0.15) is 0 Å². The van der Waals surface area contributed by atoms with E-state index in [1.54, 1.807) is 0 Å². The number of carbonyl (C=O) groups is 1. The van der Waals surface area contributed by atoms with Crippen LogP contribution in [-0.4, -0.2) is 43.0 Å². The number of hydrogen-bond donors (Lipinski definition) is 2. The molecule has 2 rings (SSSR count). The second-order valence-corrected chi connectivity index (χ2v) is 7.26. The molecule has 130 valence electrons. The van der Waals surface area contributed by atoms with E-state index in [0.717, 1.165) is 38.4 Å². The number of nitrogens with one attached hydrogen (secondary N) is 1. The van der Waals surface area contributed by atoms with Gasteiger partial charge in [-0.15, -0.1) is 12.4 Å². The summed E-state index contributed by atoms with van der Waals surface area (Å²) in [5.74, 6) is 2.24. The minimum absolute atomic E-state index is 0. The summed E-state index contributed by atoms with van der Waals surface area (Å²) in [6, 6.07) is 0.380. The third kappa shape index (κ3) is 5.71. The van der Waals surface area contributed by atoms with E-state index in [1.165, 1.54) is 25.7 Å². The second kappa shape index (κ2) is 9.74. The van der Waals surface area contributed by atoms with Gasteiger partial charge in [-0.25, -0.2) is 0 Å². The van der Waals surface area contributed by atoms with E-state index in [2.05, 4.69) is 24.1 Å². The first-order chi connectivity index (χ1) is 10.1. The monoisotopic (exact) mass is 331 g/mol. The largest absolute Gasteiger partial charge is 0.352 e. The molecule has 1 saturated carbocycles. The van der Waals surface area contributed by atoms with E-state index in [4.69, 9.17) is 5.73 Å². The van der Waals surface area contributed by atoms with Crippen molar-refractivity contribution in [3.8, 4) is 0 Å². The molecule has 0 radical (unpaired) electrons. The van der Waals surface area contributed by atoms with E-state index in [0.29, 0.717) is 24.4 Å². The third-order valence-electron chi connectivity index (χ3n) is 5.60. The van der Waals surface area contributed by atoms with Gasteiger partial charge in [-0.1, -0.05) is 26.7 Å². The van der Waals surface area contributed by atoms with Gasteiger partial charge in [-0.05, 0) is 56.5 Å². The molecule has 2 fully saturated rings. The summed E-state index contributed by atoms with van der Waals surface area (Å²) >= 11 is 0. The van der Waals surface area contributed by atoms with Gasteiger partial charge < -0.3 is 11.1 Å². The molecule has 1 aliphatic heterocycles. The van der Waals surface area contributed by atoms with Crippen LogP contribution in [-0.2, 0) is 4.79 Å². The SMILES string of the molecule is CC1CCCC(NC(=O)CN2CCCC(CCN)C2)C1C.Cl. The van der Waals surface area contributed by atoms with Gasteiger partial charge in [-0.3, -0.25) is 9.69 Å². The lowest BCUT2D eigenvalue weighted by atomic mass is 9.78. The van der Waals surface area contributed by atoms with Gasteiger partial charge in [0.25, 0.3) is 0 Å². The molecule has 0 bridgehead atoms. The Labute approximate surface area is 142 Å². The summed E-state index contributed by atoms with van der Waals surface area (Å²) in [7, 11) is 0. The molecular weight excluding hydrogens is 298 g/mol. The number of likely N-dealkylation sites (tertiary alicyclic amines) is 1. The Morgan fingerprint density at radius 2 is 2.00 bits per heavy atom. The number of rotatable bonds is 5. The van der Waals surface area contributed by atoms with Crippen LogP contribution in [0.1, 0.15) is 52.4 Å². The zero-order valence-corrected chi connectivity index (χ0v) is 15.0. The Hall–Kier alpha value is -0.320. The molecule has 1 heterocycles. The van der Waals surface area contributed by atoms with Crippen molar-refractivity contribution >= 4 is 18.3 Å². The highest BCUT2D eigenvalue weighted by Gasteiger charge is 2.29. The fourth-order valence-electron chi connectivity index (χ4n) is 4.01. The van der Waals surface area contributed by atoms with Crippen molar-refractivity contribution in [3.05, 3.63) is 0 Å². The highest BCUT2D eigenvalue weighted by Crippen LogP contribution is 2.29. The highest BCUT2D eigenvalue weighted by molar-refractivity contribution is 5.85. The average Bonchev–Trinajstić information content (AvgIpc) is 2.44. The molecule has 3 N–H and O–H groups in total. The van der Waals surface area contributed by atoms with E-state index >= 15 is 0 Å². The average molecular weight is 332 g/mol. The summed E-state index contributed by atoms with van der Waals surface area (Å²) in [6.07, 6.45) is 7.27. The molecule has 4 nitrogen and oxygen atoms in total. The number of piperidine rings is 1. The molecule has 0 aromatic rings. The van der Waals surface area contributed by atoms with E-state index in [-0.39, 0.29) is 18.3 Å². The fourth-order valence-corrected chi connectivity index (χ4v) is 4.01. The van der Waals surface area contributed by atoms with Gasteiger partial charge in [-0.2, -0.15) is 0 Å². The van der Waals surface area contributed by atoms with Crippen molar-refractivity contribution in [2.75, 3.05) is 26.2 Å². The Bertz CT molecular complexity index is 338. The molecular formula is C17H34ClN3O. The van der Waals surface area contributed by atoms with Crippen LogP contribution in [0.3, 0.4) is 0 Å². The predicted octanol–water partition coefficient (Wildman–Crippen LogP) is 2.41. The standard InChI is InChI=1S/C17H33N3O.ClH/c1-13-5-3-7-16(14(13)2)19-17(21)12-20-10-4-6-15(11-20)8-9-18;/h13-16H,3-12,18H2,1-2H3,(H,19,21);1H. The van der Waals surface area contributed by atoms with E-state index < -0.39 is 0 Å². The normalized spacial score (nSPS) is 33.0. The van der Waals surface area contributed by atoms with Crippen molar-refractivity contribution in [3.63, 3.8) is 0 Å². The zero-order chi connectivity index (χ0) is 15.2. The quantitative estimate of drug-likeness (QED) is 0.813. The molecule has 4 unspecified atom stereocenters. The minimum Gasteiger partial charge on any atom is -0.352 e. The van der Waals surface area contributed by atoms with Crippen molar-refractivity contribution < 1.29 is 4.79 Å². The van der Waals surface area contributed by atoms with Crippen LogP contribution >= 0.6 is 12.4 Å². The van der Waals surface area contributed by atoms with Crippen LogP contribution in [0.5, 0.6) is 0 Å². The Morgan fingerprint density at radius 3 is 2.73 bits per heavy atom. The molecule has 0 spiro atoms. The number of hydrogen-bond acceptors (Lipinski definition) is 3. The summed E-state index contributed by atoms with van der Waals surface area (Å²) < 4.78 is 0. The molecule has 5 heteroatoms. The number of halogens is 1. The van der Waals surface area contributed by atoms with Crippen LogP contribution in [0.2, 0.25) is 0 Å². The lowest BCUT2D eigenvalue weighted by Gasteiger charge is -2.36. The number of nitrogens with zero attached hydrogens (tertiary/aromatic N) is 1. The highest BCUT2D eigenvalue weighted by atomic mass is 35.5. The summed E-state index contributed by atoms with van der Waals surface area (Å²) in [5.41, 5.74) is 5.66. The number of nitrogens with two attached hydrogens (primary N) is 1. The Balaban J connectivity index is 0.00000242. The second-order valence-electron chi connectivity index (χ2n) is 7.26. The maximum Gasteiger partial charge on any atom is 0.234 e. The molecule has 1 aliphatic carbocycles. The van der Waals surface area contributed by atoms with Crippen LogP contribution in [0.15, 0.2) is 0 Å². The third-order valence-corrected chi connectivity index (χ3v) is 5.60. The Morgan fingerprint density at radius 1 is 1.23 bits per heavy atom. The van der Waals surface area contributed by atoms with Crippen molar-refractivity contribution in [1.82, 2.24) is 10.2 Å². The predicted molar refractivity (Wildman–Crippen MR) is 94.2 cm³/mol. The van der Waals surface area contributed by atoms with Crippen LogP contribution in [0, 0.1) is 17.8 Å². The first kappa shape index (κ1) is 19.7. The maximum absolute atomic E-state index is 12.3. The summed E-state index contributed by atoms with van der Waals surface area (Å²) in [6.45, 7) is 8.03. The lowest BCUT2D eigenvalue weighted by Crippen LogP contribution is -2.49. The molecule has 1 saturated heterocycles. The lowest BCUT2D eigenvalue weighted by molar-refractivity contribution is -0.124. The molecule has 1 amide bonds. The first-order valence-corrected chi connectivity index (χ1v) is 8.82. The maximum atomic E-state index is 12.3. The van der Waals surface area contributed by atoms with Gasteiger partial charge in [0.2, 0.25) is 5.91 Å². The Kier molecular flexibility index (Phi) is 8.73. The topological polar surface area (TPSA) is 58.4 Å². The summed E-state index contributed by atoms with van der Waals surface area (Å²) in [4.78, 5) is 14.6. The van der Waals surface area contributed by atoms with Crippen LogP contribution < -0.4 is 11.1 Å². The van der Waals surface area contributed by atoms with Crippen LogP contribution in [0.4, 0.5) is 0 Å². The van der Waals surface area contributed by atoms with Crippen molar-refractivity contribution in [1.29, 1.82) is 0 Å². The molecule has 4 atom stereocenters. The molecule has 0 aromatic heterocycles. The minimum atomic E-state index is 0. The zero-order valence-electron chi connectivity index (χ0n) is 14.2. The molecule has 2 aliphatic rings. The smallest absolute Gasteiger partial charge is 0.234 e.